The fourth-order valence-corrected chi connectivity index (χ4v) is 1.68. The average molecular weight is 283 g/mol. The van der Waals surface area contributed by atoms with Gasteiger partial charge in [0.15, 0.2) is 5.82 Å². The maximum Gasteiger partial charge on any atom is 0.305 e. The molecule has 7 heteroatoms. The Morgan fingerprint density at radius 3 is 2.50 bits per heavy atom. The molecule has 0 aliphatic carbocycles. The van der Waals surface area contributed by atoms with Crippen LogP contribution in [0.25, 0.3) is 0 Å². The van der Waals surface area contributed by atoms with Gasteiger partial charge in [-0.05, 0) is 12.3 Å². The second kappa shape index (κ2) is 6.49. The predicted octanol–water partition coefficient (Wildman–Crippen LogP) is 1.32. The molecule has 0 saturated heterocycles. The molecule has 0 bridgehead atoms. The summed E-state index contributed by atoms with van der Waals surface area (Å²) in [5, 5.41) is 15.3. The first-order valence-corrected chi connectivity index (χ1v) is 6.49. The van der Waals surface area contributed by atoms with Gasteiger partial charge < -0.3 is 14.9 Å². The highest BCUT2D eigenvalue weighted by Gasteiger charge is 2.28. The topological polar surface area (TPSA) is 105 Å². The van der Waals surface area contributed by atoms with E-state index in [0.717, 1.165) is 0 Å². The van der Waals surface area contributed by atoms with Crippen molar-refractivity contribution < 1.29 is 19.2 Å². The summed E-state index contributed by atoms with van der Waals surface area (Å²) in [5.41, 5.74) is -0.324. The number of hydrogen-bond donors (Lipinski definition) is 2. The second-order valence-electron chi connectivity index (χ2n) is 5.82. The van der Waals surface area contributed by atoms with E-state index in [1.54, 1.807) is 6.92 Å². The molecule has 0 aliphatic rings. The highest BCUT2D eigenvalue weighted by Crippen LogP contribution is 2.22. The zero-order chi connectivity index (χ0) is 15.3. The molecule has 1 atom stereocenters. The molecule has 0 spiro atoms. The second-order valence-corrected chi connectivity index (χ2v) is 5.82. The summed E-state index contributed by atoms with van der Waals surface area (Å²) in [6, 6.07) is -0.420. The fourth-order valence-electron chi connectivity index (χ4n) is 1.68. The summed E-state index contributed by atoms with van der Waals surface area (Å²) in [6.07, 6.45) is 0.430. The van der Waals surface area contributed by atoms with E-state index >= 15 is 0 Å². The lowest BCUT2D eigenvalue weighted by Crippen LogP contribution is -2.45. The van der Waals surface area contributed by atoms with Gasteiger partial charge in [-0.2, -0.15) is 4.98 Å². The first-order valence-electron chi connectivity index (χ1n) is 6.49. The number of rotatable bonds is 6. The summed E-state index contributed by atoms with van der Waals surface area (Å²) in [5.74, 6) is -0.221. The van der Waals surface area contributed by atoms with Crippen LogP contribution in [0.1, 0.15) is 45.3 Å². The molecule has 0 fully saturated rings. The van der Waals surface area contributed by atoms with Gasteiger partial charge in [-0.25, -0.2) is 0 Å². The van der Waals surface area contributed by atoms with Crippen LogP contribution in [-0.2, 0) is 16.0 Å². The van der Waals surface area contributed by atoms with Crippen LogP contribution in [0.4, 0.5) is 0 Å². The van der Waals surface area contributed by atoms with Gasteiger partial charge in [0.1, 0.15) is 0 Å². The number of hydrogen-bond acceptors (Lipinski definition) is 5. The van der Waals surface area contributed by atoms with Gasteiger partial charge in [0.05, 0.1) is 6.42 Å². The molecule has 0 aliphatic heterocycles. The largest absolute Gasteiger partial charge is 0.481 e. The quantitative estimate of drug-likeness (QED) is 0.815. The van der Waals surface area contributed by atoms with Crippen molar-refractivity contribution in [3.8, 4) is 0 Å². The van der Waals surface area contributed by atoms with Crippen molar-refractivity contribution >= 4 is 11.9 Å². The zero-order valence-electron chi connectivity index (χ0n) is 12.3. The molecule has 0 radical (unpaired) electrons. The molecule has 20 heavy (non-hydrogen) atoms. The monoisotopic (exact) mass is 283 g/mol. The Labute approximate surface area is 117 Å². The third-order valence-electron chi connectivity index (χ3n) is 2.89. The number of carbonyl (C=O) groups is 2. The number of aryl methyl sites for hydroxylation is 2. The first-order chi connectivity index (χ1) is 9.18. The van der Waals surface area contributed by atoms with E-state index in [2.05, 4.69) is 15.5 Å². The molecule has 1 amide bonds. The summed E-state index contributed by atoms with van der Waals surface area (Å²) in [7, 11) is 0. The van der Waals surface area contributed by atoms with Gasteiger partial charge >= 0.3 is 5.97 Å². The lowest BCUT2D eigenvalue weighted by Gasteiger charge is -2.30. The van der Waals surface area contributed by atoms with Crippen molar-refractivity contribution in [3.05, 3.63) is 11.7 Å². The van der Waals surface area contributed by atoms with E-state index in [9.17, 15) is 9.59 Å². The maximum atomic E-state index is 11.9. The van der Waals surface area contributed by atoms with E-state index < -0.39 is 12.0 Å². The smallest absolute Gasteiger partial charge is 0.305 e. The third-order valence-corrected chi connectivity index (χ3v) is 2.89. The number of aliphatic carboxylic acids is 1. The molecule has 2 N–H and O–H groups in total. The van der Waals surface area contributed by atoms with Crippen molar-refractivity contribution in [1.29, 1.82) is 0 Å². The van der Waals surface area contributed by atoms with Crippen LogP contribution in [0.2, 0.25) is 0 Å². The molecular weight excluding hydrogens is 262 g/mol. The van der Waals surface area contributed by atoms with Gasteiger partial charge in [-0.1, -0.05) is 25.9 Å². The fraction of sp³-hybridized carbons (Fsp3) is 0.692. The Hall–Kier alpha value is -1.92. The molecule has 112 valence electrons. The van der Waals surface area contributed by atoms with E-state index in [-0.39, 0.29) is 24.2 Å². The van der Waals surface area contributed by atoms with Crippen LogP contribution >= 0.6 is 0 Å². The molecule has 1 heterocycles. The summed E-state index contributed by atoms with van der Waals surface area (Å²) in [6.45, 7) is 7.38. The third kappa shape index (κ3) is 5.38. The normalized spacial score (nSPS) is 13.0. The number of carboxylic acid groups (broad SMARTS) is 1. The number of carbonyl (C=O) groups excluding carboxylic acids is 1. The van der Waals surface area contributed by atoms with E-state index in [4.69, 9.17) is 9.63 Å². The van der Waals surface area contributed by atoms with Crippen LogP contribution in [0.5, 0.6) is 0 Å². The summed E-state index contributed by atoms with van der Waals surface area (Å²) in [4.78, 5) is 26.7. The minimum absolute atomic E-state index is 0.102. The van der Waals surface area contributed by atoms with Gasteiger partial charge in [-0.3, -0.25) is 9.59 Å². The molecular formula is C13H21N3O4. The van der Waals surface area contributed by atoms with E-state index in [1.807, 2.05) is 20.8 Å². The molecule has 1 aromatic heterocycles. The minimum atomic E-state index is -0.933. The number of amides is 1. The standard InChI is InChI=1S/C13H21N3O4/c1-8-14-11(20-16-8)6-5-10(17)15-9(7-12(18)19)13(2,3)4/h9H,5-7H2,1-4H3,(H,15,17)(H,18,19). The van der Waals surface area contributed by atoms with Gasteiger partial charge in [0.2, 0.25) is 11.8 Å². The van der Waals surface area contributed by atoms with Crippen LogP contribution in [-0.4, -0.2) is 33.2 Å². The molecule has 1 rings (SSSR count). The molecule has 1 aromatic rings. The molecule has 0 saturated carbocycles. The Morgan fingerprint density at radius 2 is 2.05 bits per heavy atom. The number of nitrogens with one attached hydrogen (secondary N) is 1. The maximum absolute atomic E-state index is 11.9. The van der Waals surface area contributed by atoms with Crippen molar-refractivity contribution in [2.45, 2.75) is 53.0 Å². The van der Waals surface area contributed by atoms with Crippen molar-refractivity contribution in [3.63, 3.8) is 0 Å². The predicted molar refractivity (Wildman–Crippen MR) is 71.0 cm³/mol. The van der Waals surface area contributed by atoms with Crippen LogP contribution in [0, 0.1) is 12.3 Å². The van der Waals surface area contributed by atoms with E-state index in [0.29, 0.717) is 18.1 Å². The Kier molecular flexibility index (Phi) is 5.24. The highest BCUT2D eigenvalue weighted by molar-refractivity contribution is 5.77. The number of aromatic nitrogens is 2. The molecule has 7 nitrogen and oxygen atoms in total. The van der Waals surface area contributed by atoms with Crippen molar-refractivity contribution in [2.75, 3.05) is 0 Å². The van der Waals surface area contributed by atoms with Crippen molar-refractivity contribution in [2.24, 2.45) is 5.41 Å². The van der Waals surface area contributed by atoms with Crippen molar-refractivity contribution in [1.82, 2.24) is 15.5 Å². The highest BCUT2D eigenvalue weighted by atomic mass is 16.5. The lowest BCUT2D eigenvalue weighted by atomic mass is 9.84. The zero-order valence-corrected chi connectivity index (χ0v) is 12.3. The molecule has 0 aromatic carbocycles. The average Bonchev–Trinajstić information content (AvgIpc) is 2.70. The Balaban J connectivity index is 2.51. The van der Waals surface area contributed by atoms with Gasteiger partial charge in [0, 0.05) is 18.9 Å². The Morgan fingerprint density at radius 1 is 1.40 bits per heavy atom. The van der Waals surface area contributed by atoms with Crippen LogP contribution in [0.15, 0.2) is 4.52 Å². The van der Waals surface area contributed by atoms with Crippen LogP contribution < -0.4 is 5.32 Å². The number of carboxylic acids is 1. The lowest BCUT2D eigenvalue weighted by molar-refractivity contribution is -0.138. The minimum Gasteiger partial charge on any atom is -0.481 e. The molecule has 1 unspecified atom stereocenters. The Bertz CT molecular complexity index is 476. The number of nitrogens with zero attached hydrogens (tertiary/aromatic N) is 2. The van der Waals surface area contributed by atoms with Crippen LogP contribution in [0.3, 0.4) is 0 Å². The SMILES string of the molecule is Cc1noc(CCC(=O)NC(CC(=O)O)C(C)(C)C)n1. The first kappa shape index (κ1) is 16.1. The van der Waals surface area contributed by atoms with Gasteiger partial charge in [-0.15, -0.1) is 0 Å². The summed E-state index contributed by atoms with van der Waals surface area (Å²) >= 11 is 0. The van der Waals surface area contributed by atoms with Gasteiger partial charge in [0.25, 0.3) is 0 Å². The summed E-state index contributed by atoms with van der Waals surface area (Å²) < 4.78 is 4.92. The van der Waals surface area contributed by atoms with E-state index in [1.165, 1.54) is 0 Å².